The SMILES string of the molecule is O=CNC(=S)NO. The predicted molar refractivity (Wildman–Crippen MR) is 26.7 cm³/mol. The van der Waals surface area contributed by atoms with Crippen molar-refractivity contribution in [1.29, 1.82) is 0 Å². The zero-order valence-electron chi connectivity index (χ0n) is 3.34. The van der Waals surface area contributed by atoms with Crippen molar-refractivity contribution >= 4 is 23.7 Å². The summed E-state index contributed by atoms with van der Waals surface area (Å²) in [5.74, 6) is 0. The van der Waals surface area contributed by atoms with E-state index in [4.69, 9.17) is 5.21 Å². The van der Waals surface area contributed by atoms with E-state index in [2.05, 4.69) is 12.2 Å². The Balaban J connectivity index is 3.17. The zero-order chi connectivity index (χ0) is 5.70. The number of rotatable bonds is 1. The maximum atomic E-state index is 9.42. The second-order valence-corrected chi connectivity index (χ2v) is 1.11. The largest absolute Gasteiger partial charge is 0.304 e. The van der Waals surface area contributed by atoms with Crippen molar-refractivity contribution in [2.75, 3.05) is 0 Å². The normalized spacial score (nSPS) is 7.00. The minimum atomic E-state index is -0.102. The van der Waals surface area contributed by atoms with Gasteiger partial charge in [-0.25, -0.2) is 5.48 Å². The van der Waals surface area contributed by atoms with Crippen LogP contribution in [0.2, 0.25) is 0 Å². The lowest BCUT2D eigenvalue weighted by Gasteiger charge is -1.93. The van der Waals surface area contributed by atoms with E-state index in [1.165, 1.54) is 0 Å². The van der Waals surface area contributed by atoms with Crippen molar-refractivity contribution in [1.82, 2.24) is 10.8 Å². The molecule has 0 bridgehead atoms. The highest BCUT2D eigenvalue weighted by atomic mass is 32.1. The molecule has 0 radical (unpaired) electrons. The summed E-state index contributed by atoms with van der Waals surface area (Å²) in [7, 11) is 0. The minimum absolute atomic E-state index is 0.102. The Morgan fingerprint density at radius 1 is 1.86 bits per heavy atom. The molecule has 5 heteroatoms. The van der Waals surface area contributed by atoms with Crippen molar-refractivity contribution in [3.05, 3.63) is 0 Å². The monoisotopic (exact) mass is 120 g/mol. The average Bonchev–Trinajstić information content (AvgIpc) is 1.68. The Bertz CT molecular complexity index is 83.8. The fraction of sp³-hybridized carbons (Fsp3) is 0. The molecule has 0 unspecified atom stereocenters. The van der Waals surface area contributed by atoms with Gasteiger partial charge in [0, 0.05) is 0 Å². The fourth-order valence-corrected chi connectivity index (χ4v) is 0.134. The number of thiocarbonyl (C=S) groups is 1. The van der Waals surface area contributed by atoms with E-state index < -0.39 is 0 Å². The maximum absolute atomic E-state index is 9.42. The summed E-state index contributed by atoms with van der Waals surface area (Å²) in [6.07, 6.45) is 0.367. The van der Waals surface area contributed by atoms with Crippen molar-refractivity contribution in [2.24, 2.45) is 0 Å². The number of carbonyl (C=O) groups is 1. The standard InChI is InChI=1S/C2H4N2O2S/c5-1-3-2(7)4-6/h1,6H,(H2,3,4,5,7). The van der Waals surface area contributed by atoms with Crippen LogP contribution in [0.5, 0.6) is 0 Å². The van der Waals surface area contributed by atoms with Crippen LogP contribution in [0.15, 0.2) is 0 Å². The molecule has 0 heterocycles. The summed E-state index contributed by atoms with van der Waals surface area (Å²) in [6, 6.07) is 0. The molecule has 0 spiro atoms. The van der Waals surface area contributed by atoms with E-state index in [1.807, 2.05) is 5.32 Å². The van der Waals surface area contributed by atoms with Gasteiger partial charge in [-0.2, -0.15) is 0 Å². The van der Waals surface area contributed by atoms with Crippen LogP contribution in [-0.4, -0.2) is 16.7 Å². The number of hydrogen-bond donors (Lipinski definition) is 3. The lowest BCUT2D eigenvalue weighted by atomic mass is 11.1. The molecular weight excluding hydrogens is 116 g/mol. The Labute approximate surface area is 45.5 Å². The molecule has 0 aliphatic rings. The number of carbonyl (C=O) groups excluding carboxylic acids is 1. The highest BCUT2D eigenvalue weighted by Gasteiger charge is 1.82. The van der Waals surface area contributed by atoms with Crippen LogP contribution < -0.4 is 10.8 Å². The molecule has 4 nitrogen and oxygen atoms in total. The third kappa shape index (κ3) is 3.14. The Kier molecular flexibility index (Phi) is 3.17. The van der Waals surface area contributed by atoms with Gasteiger partial charge in [-0.15, -0.1) is 0 Å². The number of nitrogens with one attached hydrogen (secondary N) is 2. The van der Waals surface area contributed by atoms with E-state index in [0.29, 0.717) is 6.41 Å². The van der Waals surface area contributed by atoms with Crippen molar-refractivity contribution < 1.29 is 10.0 Å². The molecule has 0 atom stereocenters. The van der Waals surface area contributed by atoms with E-state index >= 15 is 0 Å². The number of hydroxylamine groups is 1. The quantitative estimate of drug-likeness (QED) is 0.236. The summed E-state index contributed by atoms with van der Waals surface area (Å²) in [5, 5.41) is 9.74. The van der Waals surface area contributed by atoms with Gasteiger partial charge in [0.05, 0.1) is 0 Å². The van der Waals surface area contributed by atoms with Crippen LogP contribution in [0.25, 0.3) is 0 Å². The highest BCUT2D eigenvalue weighted by Crippen LogP contribution is 1.53. The van der Waals surface area contributed by atoms with Gasteiger partial charge < -0.3 is 5.32 Å². The molecule has 0 saturated heterocycles. The van der Waals surface area contributed by atoms with Gasteiger partial charge in [-0.05, 0) is 12.2 Å². The Morgan fingerprint density at radius 3 is 2.57 bits per heavy atom. The molecule has 3 N–H and O–H groups in total. The first-order valence-electron chi connectivity index (χ1n) is 1.45. The first kappa shape index (κ1) is 6.32. The molecule has 7 heavy (non-hydrogen) atoms. The van der Waals surface area contributed by atoms with Crippen LogP contribution >= 0.6 is 12.2 Å². The third-order valence-corrected chi connectivity index (χ3v) is 0.501. The molecular formula is C2H4N2O2S. The van der Waals surface area contributed by atoms with Gasteiger partial charge in [0.2, 0.25) is 6.41 Å². The fourth-order valence-electron chi connectivity index (χ4n) is 0.0858. The second-order valence-electron chi connectivity index (χ2n) is 0.703. The third-order valence-electron chi connectivity index (χ3n) is 0.292. The molecule has 0 aliphatic carbocycles. The maximum Gasteiger partial charge on any atom is 0.213 e. The molecule has 0 fully saturated rings. The van der Waals surface area contributed by atoms with E-state index in [9.17, 15) is 4.79 Å². The van der Waals surface area contributed by atoms with Gasteiger partial charge in [0.1, 0.15) is 0 Å². The van der Waals surface area contributed by atoms with Crippen molar-refractivity contribution in [3.8, 4) is 0 Å². The average molecular weight is 120 g/mol. The number of hydrogen-bond acceptors (Lipinski definition) is 3. The Morgan fingerprint density at radius 2 is 2.43 bits per heavy atom. The lowest BCUT2D eigenvalue weighted by Crippen LogP contribution is -2.31. The van der Waals surface area contributed by atoms with Crippen LogP contribution in [0.1, 0.15) is 0 Å². The molecule has 40 valence electrons. The smallest absolute Gasteiger partial charge is 0.213 e. The van der Waals surface area contributed by atoms with Gasteiger partial charge >= 0.3 is 0 Å². The van der Waals surface area contributed by atoms with E-state index in [0.717, 1.165) is 0 Å². The van der Waals surface area contributed by atoms with Crippen molar-refractivity contribution in [2.45, 2.75) is 0 Å². The first-order valence-corrected chi connectivity index (χ1v) is 1.86. The summed E-state index contributed by atoms with van der Waals surface area (Å²) in [4.78, 5) is 9.42. The molecule has 1 amide bonds. The summed E-state index contributed by atoms with van der Waals surface area (Å²) < 4.78 is 0. The van der Waals surface area contributed by atoms with E-state index in [1.54, 1.807) is 5.48 Å². The zero-order valence-corrected chi connectivity index (χ0v) is 4.16. The molecule has 0 rings (SSSR count). The topological polar surface area (TPSA) is 61.4 Å². The molecule has 0 saturated carbocycles. The van der Waals surface area contributed by atoms with E-state index in [-0.39, 0.29) is 5.11 Å². The second kappa shape index (κ2) is 3.51. The molecule has 0 aliphatic heterocycles. The van der Waals surface area contributed by atoms with Gasteiger partial charge in [0.25, 0.3) is 0 Å². The first-order chi connectivity index (χ1) is 3.31. The van der Waals surface area contributed by atoms with Crippen LogP contribution in [-0.2, 0) is 4.79 Å². The number of amides is 1. The van der Waals surface area contributed by atoms with Crippen LogP contribution in [0, 0.1) is 0 Å². The van der Waals surface area contributed by atoms with Crippen LogP contribution in [0.4, 0.5) is 0 Å². The predicted octanol–water partition coefficient (Wildman–Crippen LogP) is -1.00. The molecule has 0 aromatic heterocycles. The van der Waals surface area contributed by atoms with Gasteiger partial charge in [0.15, 0.2) is 5.11 Å². The van der Waals surface area contributed by atoms with Crippen molar-refractivity contribution in [3.63, 3.8) is 0 Å². The van der Waals surface area contributed by atoms with Crippen LogP contribution in [0.3, 0.4) is 0 Å². The Hall–Kier alpha value is -0.680. The highest BCUT2D eigenvalue weighted by molar-refractivity contribution is 7.80. The minimum Gasteiger partial charge on any atom is -0.304 e. The molecule has 0 aromatic carbocycles. The summed E-state index contributed by atoms with van der Waals surface area (Å²) in [5.41, 5.74) is 1.55. The van der Waals surface area contributed by atoms with Gasteiger partial charge in [-0.1, -0.05) is 0 Å². The lowest BCUT2D eigenvalue weighted by molar-refractivity contribution is -0.108. The summed E-state index contributed by atoms with van der Waals surface area (Å²) in [6.45, 7) is 0. The summed E-state index contributed by atoms with van der Waals surface area (Å²) >= 11 is 4.25. The van der Waals surface area contributed by atoms with Gasteiger partial charge in [-0.3, -0.25) is 10.0 Å². The molecule has 0 aromatic rings.